The van der Waals surface area contributed by atoms with Gasteiger partial charge in [-0.05, 0) is 60.1 Å². The van der Waals surface area contributed by atoms with Crippen LogP contribution in [0.4, 0.5) is 11.4 Å². The van der Waals surface area contributed by atoms with Crippen LogP contribution in [0, 0.1) is 0 Å². The lowest BCUT2D eigenvalue weighted by Gasteiger charge is -2.37. The number of piperazine rings is 1. The fraction of sp³-hybridized carbons (Fsp3) is 0.375. The second-order valence-corrected chi connectivity index (χ2v) is 11.0. The third-order valence-corrected chi connectivity index (χ3v) is 7.74. The van der Waals surface area contributed by atoms with Gasteiger partial charge in [-0.2, -0.15) is 0 Å². The molecule has 2 N–H and O–H groups in total. The van der Waals surface area contributed by atoms with Crippen molar-refractivity contribution in [2.45, 2.75) is 30.1 Å². The van der Waals surface area contributed by atoms with Gasteiger partial charge in [0.15, 0.2) is 0 Å². The Morgan fingerprint density at radius 3 is 2.52 bits per heavy atom. The number of rotatable bonds is 4. The summed E-state index contributed by atoms with van der Waals surface area (Å²) in [5, 5.41) is 3.86. The average molecular weight is 465 g/mol. The molecule has 9 heteroatoms. The summed E-state index contributed by atoms with van der Waals surface area (Å²) < 4.78 is 28.7. The van der Waals surface area contributed by atoms with Crippen molar-refractivity contribution in [1.82, 2.24) is 5.32 Å². The SMILES string of the molecule is CC1CN(c2ccc(Cl)c(NS(=O)(=O)c3ccc(Br)s3)c2)CC(C)N1. The lowest BCUT2D eigenvalue weighted by Crippen LogP contribution is -2.54. The van der Waals surface area contributed by atoms with Crippen LogP contribution in [0.5, 0.6) is 0 Å². The Balaban J connectivity index is 1.87. The molecule has 0 saturated carbocycles. The molecule has 1 aliphatic rings. The van der Waals surface area contributed by atoms with E-state index >= 15 is 0 Å². The first-order valence-electron chi connectivity index (χ1n) is 7.83. The van der Waals surface area contributed by atoms with Gasteiger partial charge < -0.3 is 10.2 Å². The van der Waals surface area contributed by atoms with Gasteiger partial charge in [0.2, 0.25) is 0 Å². The summed E-state index contributed by atoms with van der Waals surface area (Å²) in [7, 11) is -3.66. The third-order valence-electron chi connectivity index (χ3n) is 3.93. The Morgan fingerprint density at radius 1 is 1.24 bits per heavy atom. The predicted molar refractivity (Wildman–Crippen MR) is 109 cm³/mol. The molecule has 1 saturated heterocycles. The average Bonchev–Trinajstić information content (AvgIpc) is 2.96. The molecule has 5 nitrogen and oxygen atoms in total. The first kappa shape index (κ1) is 19.0. The highest BCUT2D eigenvalue weighted by Crippen LogP contribution is 2.32. The summed E-state index contributed by atoms with van der Waals surface area (Å²) in [6.07, 6.45) is 0. The number of nitrogens with one attached hydrogen (secondary N) is 2. The second-order valence-electron chi connectivity index (χ2n) is 6.20. The number of sulfonamides is 1. The maximum atomic E-state index is 12.6. The fourth-order valence-corrected chi connectivity index (χ4v) is 6.26. The zero-order valence-corrected chi connectivity index (χ0v) is 17.8. The van der Waals surface area contributed by atoms with E-state index in [1.165, 1.54) is 0 Å². The Bertz CT molecular complexity index is 862. The Morgan fingerprint density at radius 2 is 1.92 bits per heavy atom. The van der Waals surface area contributed by atoms with Crippen LogP contribution in [0.2, 0.25) is 5.02 Å². The minimum atomic E-state index is -3.66. The second kappa shape index (κ2) is 7.44. The molecule has 25 heavy (non-hydrogen) atoms. The molecule has 3 rings (SSSR count). The highest BCUT2D eigenvalue weighted by molar-refractivity contribution is 9.11. The number of nitrogens with zero attached hydrogens (tertiary/aromatic N) is 1. The Labute approximate surface area is 165 Å². The molecule has 2 heterocycles. The van der Waals surface area contributed by atoms with E-state index in [0.717, 1.165) is 33.9 Å². The van der Waals surface area contributed by atoms with Gasteiger partial charge in [-0.25, -0.2) is 8.42 Å². The molecule has 1 aromatic heterocycles. The van der Waals surface area contributed by atoms with Crippen LogP contribution < -0.4 is 14.9 Å². The molecule has 0 bridgehead atoms. The largest absolute Gasteiger partial charge is 0.368 e. The van der Waals surface area contributed by atoms with Crippen molar-refractivity contribution in [1.29, 1.82) is 0 Å². The van der Waals surface area contributed by atoms with Crippen molar-refractivity contribution < 1.29 is 8.42 Å². The van der Waals surface area contributed by atoms with E-state index in [2.05, 4.69) is 44.7 Å². The van der Waals surface area contributed by atoms with Crippen LogP contribution in [0.1, 0.15) is 13.8 Å². The van der Waals surface area contributed by atoms with Crippen molar-refractivity contribution in [2.24, 2.45) is 0 Å². The van der Waals surface area contributed by atoms with Crippen LogP contribution in [0.3, 0.4) is 0 Å². The van der Waals surface area contributed by atoms with Crippen LogP contribution in [-0.4, -0.2) is 33.6 Å². The number of halogens is 2. The van der Waals surface area contributed by atoms with Crippen molar-refractivity contribution >= 4 is 60.3 Å². The maximum Gasteiger partial charge on any atom is 0.271 e. The summed E-state index contributed by atoms with van der Waals surface area (Å²) in [4.78, 5) is 2.24. The first-order valence-corrected chi connectivity index (χ1v) is 11.3. The molecule has 1 fully saturated rings. The zero-order valence-electron chi connectivity index (χ0n) is 13.8. The molecule has 2 unspecified atom stereocenters. The lowest BCUT2D eigenvalue weighted by molar-refractivity contribution is 0.407. The van der Waals surface area contributed by atoms with E-state index in [9.17, 15) is 8.42 Å². The number of thiophene rings is 1. The van der Waals surface area contributed by atoms with Gasteiger partial charge in [-0.3, -0.25) is 4.72 Å². The van der Waals surface area contributed by atoms with Gasteiger partial charge in [0.05, 0.1) is 14.5 Å². The molecule has 1 aliphatic heterocycles. The van der Waals surface area contributed by atoms with Crippen LogP contribution in [0.15, 0.2) is 38.3 Å². The molecule has 1 aromatic carbocycles. The zero-order chi connectivity index (χ0) is 18.2. The molecule has 0 aliphatic carbocycles. The Kier molecular flexibility index (Phi) is 5.65. The van der Waals surface area contributed by atoms with Crippen molar-refractivity contribution in [3.8, 4) is 0 Å². The lowest BCUT2D eigenvalue weighted by atomic mass is 10.1. The minimum Gasteiger partial charge on any atom is -0.368 e. The van der Waals surface area contributed by atoms with Gasteiger partial charge in [-0.1, -0.05) is 11.6 Å². The molecular weight excluding hydrogens is 446 g/mol. The fourth-order valence-electron chi connectivity index (χ4n) is 2.96. The van der Waals surface area contributed by atoms with Crippen molar-refractivity contribution in [3.63, 3.8) is 0 Å². The molecular formula is C16H19BrClN3O2S2. The van der Waals surface area contributed by atoms with Crippen molar-refractivity contribution in [3.05, 3.63) is 39.1 Å². The highest BCUT2D eigenvalue weighted by atomic mass is 79.9. The van der Waals surface area contributed by atoms with Gasteiger partial charge in [-0.15, -0.1) is 11.3 Å². The first-order chi connectivity index (χ1) is 11.7. The molecule has 2 aromatic rings. The van der Waals surface area contributed by atoms with E-state index in [4.69, 9.17) is 11.6 Å². The molecule has 0 radical (unpaired) electrons. The number of hydrogen-bond donors (Lipinski definition) is 2. The van der Waals surface area contributed by atoms with E-state index in [1.807, 2.05) is 6.07 Å². The molecule has 0 spiro atoms. The maximum absolute atomic E-state index is 12.6. The number of hydrogen-bond acceptors (Lipinski definition) is 5. The third kappa shape index (κ3) is 4.49. The number of benzene rings is 1. The minimum absolute atomic E-state index is 0.241. The van der Waals surface area contributed by atoms with Crippen LogP contribution in [0.25, 0.3) is 0 Å². The Hall–Kier alpha value is -0.800. The van der Waals surface area contributed by atoms with E-state index < -0.39 is 10.0 Å². The van der Waals surface area contributed by atoms with Crippen LogP contribution in [-0.2, 0) is 10.0 Å². The monoisotopic (exact) mass is 463 g/mol. The summed E-state index contributed by atoms with van der Waals surface area (Å²) >= 11 is 10.7. The standard InChI is InChI=1S/C16H19BrClN3O2S2/c1-10-8-21(9-11(2)19-10)12-3-4-13(18)14(7-12)20-25(22,23)16-6-5-15(17)24-16/h3-7,10-11,19-20H,8-9H2,1-2H3. The highest BCUT2D eigenvalue weighted by Gasteiger charge is 2.23. The van der Waals surface area contributed by atoms with Gasteiger partial charge >= 0.3 is 0 Å². The summed E-state index contributed by atoms with van der Waals surface area (Å²) in [5.74, 6) is 0. The molecule has 2 atom stereocenters. The summed E-state index contributed by atoms with van der Waals surface area (Å²) in [5.41, 5.74) is 1.34. The van der Waals surface area contributed by atoms with Gasteiger partial charge in [0.1, 0.15) is 4.21 Å². The van der Waals surface area contributed by atoms with E-state index in [-0.39, 0.29) is 4.21 Å². The van der Waals surface area contributed by atoms with Gasteiger partial charge in [0, 0.05) is 30.9 Å². The smallest absolute Gasteiger partial charge is 0.271 e. The van der Waals surface area contributed by atoms with Crippen LogP contribution >= 0.6 is 38.9 Å². The van der Waals surface area contributed by atoms with Gasteiger partial charge in [0.25, 0.3) is 10.0 Å². The summed E-state index contributed by atoms with van der Waals surface area (Å²) in [6.45, 7) is 5.99. The van der Waals surface area contributed by atoms with E-state index in [1.54, 1.807) is 24.3 Å². The topological polar surface area (TPSA) is 61.4 Å². The number of anilines is 2. The predicted octanol–water partition coefficient (Wildman–Crippen LogP) is 4.15. The summed E-state index contributed by atoms with van der Waals surface area (Å²) in [6, 6.07) is 9.46. The quantitative estimate of drug-likeness (QED) is 0.713. The van der Waals surface area contributed by atoms with Crippen molar-refractivity contribution in [2.75, 3.05) is 22.7 Å². The molecule has 136 valence electrons. The van der Waals surface area contributed by atoms with E-state index in [0.29, 0.717) is 22.8 Å². The molecule has 0 amide bonds. The normalized spacial score (nSPS) is 21.4.